The molecule has 2 aliphatic rings. The van der Waals surface area contributed by atoms with E-state index >= 15 is 0 Å². The van der Waals surface area contributed by atoms with Crippen molar-refractivity contribution in [1.82, 2.24) is 10.6 Å². The molecule has 4 N–H and O–H groups in total. The standard InChI is InChI=1S/C24H20N2O5/c27-15-10-8-13(9-11-15)12-24(23(30)31)19-18(21(28)25-22(19)29)20(26-24)17-7-3-5-14-4-1-2-6-16(14)17/h1-11,18-20,26-27H,12H2,(H,30,31)(H,25,28,29). The first-order valence-corrected chi connectivity index (χ1v) is 10.0. The van der Waals surface area contributed by atoms with Crippen molar-refractivity contribution in [1.29, 1.82) is 0 Å². The van der Waals surface area contributed by atoms with Crippen molar-refractivity contribution < 1.29 is 24.6 Å². The van der Waals surface area contributed by atoms with E-state index in [9.17, 15) is 24.6 Å². The van der Waals surface area contributed by atoms with Crippen molar-refractivity contribution in [3.63, 3.8) is 0 Å². The number of carbonyl (C=O) groups is 3. The Labute approximate surface area is 177 Å². The Hall–Kier alpha value is -3.71. The minimum atomic E-state index is -1.67. The summed E-state index contributed by atoms with van der Waals surface area (Å²) in [6, 6.07) is 18.9. The third-order valence-electron chi connectivity index (χ3n) is 6.45. The van der Waals surface area contributed by atoms with Crippen LogP contribution in [0.3, 0.4) is 0 Å². The van der Waals surface area contributed by atoms with E-state index in [4.69, 9.17) is 0 Å². The second kappa shape index (κ2) is 6.92. The molecule has 7 heteroatoms. The normalized spacial score (nSPS) is 27.3. The number of rotatable bonds is 4. The van der Waals surface area contributed by atoms with Gasteiger partial charge in [0.15, 0.2) is 0 Å². The number of nitrogens with one attached hydrogen (secondary N) is 2. The average molecular weight is 416 g/mol. The summed E-state index contributed by atoms with van der Waals surface area (Å²) >= 11 is 0. The van der Waals surface area contributed by atoms with Crippen molar-refractivity contribution in [2.45, 2.75) is 18.0 Å². The predicted octanol–water partition coefficient (Wildman–Crippen LogP) is 2.14. The lowest BCUT2D eigenvalue weighted by Gasteiger charge is -2.30. The van der Waals surface area contributed by atoms with Crippen LogP contribution in [0.1, 0.15) is 17.2 Å². The molecule has 3 aromatic carbocycles. The fourth-order valence-corrected chi connectivity index (χ4v) is 5.09. The Bertz CT molecular complexity index is 1220. The van der Waals surface area contributed by atoms with Gasteiger partial charge in [0, 0.05) is 12.5 Å². The molecule has 4 unspecified atom stereocenters. The molecule has 2 saturated heterocycles. The summed E-state index contributed by atoms with van der Waals surface area (Å²) < 4.78 is 0. The molecule has 156 valence electrons. The number of imide groups is 1. The number of fused-ring (bicyclic) bond motifs is 2. The predicted molar refractivity (Wildman–Crippen MR) is 112 cm³/mol. The molecule has 0 aliphatic carbocycles. The first-order chi connectivity index (χ1) is 14.9. The van der Waals surface area contributed by atoms with E-state index in [-0.39, 0.29) is 12.2 Å². The minimum Gasteiger partial charge on any atom is -0.508 e. The van der Waals surface area contributed by atoms with E-state index in [0.29, 0.717) is 5.56 Å². The Morgan fingerprint density at radius 3 is 2.39 bits per heavy atom. The lowest BCUT2D eigenvalue weighted by molar-refractivity contribution is -0.149. The van der Waals surface area contributed by atoms with Gasteiger partial charge in [0.1, 0.15) is 11.3 Å². The van der Waals surface area contributed by atoms with Crippen LogP contribution in [0, 0.1) is 11.8 Å². The molecule has 2 aliphatic heterocycles. The highest BCUT2D eigenvalue weighted by molar-refractivity contribution is 6.09. The van der Waals surface area contributed by atoms with Crippen LogP contribution in [0.2, 0.25) is 0 Å². The highest BCUT2D eigenvalue weighted by atomic mass is 16.4. The quantitative estimate of drug-likeness (QED) is 0.485. The zero-order valence-electron chi connectivity index (χ0n) is 16.4. The minimum absolute atomic E-state index is 0.00819. The van der Waals surface area contributed by atoms with E-state index in [1.165, 1.54) is 12.1 Å². The van der Waals surface area contributed by atoms with Gasteiger partial charge in [0.2, 0.25) is 11.8 Å². The molecule has 31 heavy (non-hydrogen) atoms. The SMILES string of the molecule is O=C1NC(=O)C2C1C(c1cccc3ccccc13)NC2(Cc1ccc(O)cc1)C(=O)O. The molecule has 0 radical (unpaired) electrons. The largest absolute Gasteiger partial charge is 0.508 e. The highest BCUT2D eigenvalue weighted by Gasteiger charge is 2.66. The summed E-state index contributed by atoms with van der Waals surface area (Å²) in [6.45, 7) is 0. The molecule has 0 bridgehead atoms. The van der Waals surface area contributed by atoms with Gasteiger partial charge in [0.05, 0.1) is 11.8 Å². The lowest BCUT2D eigenvalue weighted by atomic mass is 9.76. The molecule has 2 amide bonds. The van der Waals surface area contributed by atoms with Crippen LogP contribution in [0.25, 0.3) is 10.8 Å². The van der Waals surface area contributed by atoms with Gasteiger partial charge in [-0.15, -0.1) is 0 Å². The first kappa shape index (κ1) is 19.3. The fourth-order valence-electron chi connectivity index (χ4n) is 5.09. The zero-order valence-corrected chi connectivity index (χ0v) is 16.4. The van der Waals surface area contributed by atoms with Gasteiger partial charge < -0.3 is 10.2 Å². The van der Waals surface area contributed by atoms with Crippen LogP contribution in [0.5, 0.6) is 5.75 Å². The Balaban J connectivity index is 1.66. The number of carbonyl (C=O) groups excluding carboxylic acids is 2. The molecular formula is C24H20N2O5. The molecular weight excluding hydrogens is 396 g/mol. The van der Waals surface area contributed by atoms with Gasteiger partial charge in [-0.3, -0.25) is 25.0 Å². The highest BCUT2D eigenvalue weighted by Crippen LogP contribution is 2.48. The molecule has 4 atom stereocenters. The summed E-state index contributed by atoms with van der Waals surface area (Å²) in [4.78, 5) is 38.2. The number of aliphatic carboxylic acids is 1. The van der Waals surface area contributed by atoms with E-state index in [1.807, 2.05) is 42.5 Å². The molecule has 0 saturated carbocycles. The third-order valence-corrected chi connectivity index (χ3v) is 6.45. The second-order valence-corrected chi connectivity index (χ2v) is 8.17. The van der Waals surface area contributed by atoms with Gasteiger partial charge in [0.25, 0.3) is 0 Å². The number of aromatic hydroxyl groups is 1. The maximum absolute atomic E-state index is 12.8. The first-order valence-electron chi connectivity index (χ1n) is 10.0. The van der Waals surface area contributed by atoms with Crippen molar-refractivity contribution in [2.75, 3.05) is 0 Å². The van der Waals surface area contributed by atoms with Gasteiger partial charge in [-0.2, -0.15) is 0 Å². The number of hydrogen-bond acceptors (Lipinski definition) is 5. The number of phenols is 1. The zero-order chi connectivity index (χ0) is 21.8. The van der Waals surface area contributed by atoms with Crippen molar-refractivity contribution in [3.8, 4) is 5.75 Å². The molecule has 0 aromatic heterocycles. The molecule has 3 aromatic rings. The van der Waals surface area contributed by atoms with Crippen LogP contribution in [0.15, 0.2) is 66.7 Å². The fraction of sp³-hybridized carbons (Fsp3) is 0.208. The number of hydrogen-bond donors (Lipinski definition) is 4. The van der Waals surface area contributed by atoms with Crippen LogP contribution in [0.4, 0.5) is 0 Å². The van der Waals surface area contributed by atoms with E-state index in [1.54, 1.807) is 12.1 Å². The number of benzene rings is 3. The number of phenolic OH excluding ortho intramolecular Hbond substituents is 1. The topological polar surface area (TPSA) is 116 Å². The van der Waals surface area contributed by atoms with Gasteiger partial charge in [-0.25, -0.2) is 0 Å². The monoisotopic (exact) mass is 416 g/mol. The number of carboxylic acid groups (broad SMARTS) is 1. The molecule has 5 rings (SSSR count). The van der Waals surface area contributed by atoms with Crippen LogP contribution >= 0.6 is 0 Å². The van der Waals surface area contributed by atoms with Crippen LogP contribution < -0.4 is 10.6 Å². The smallest absolute Gasteiger partial charge is 0.325 e. The summed E-state index contributed by atoms with van der Waals surface area (Å²) in [5, 5.41) is 27.3. The number of amides is 2. The van der Waals surface area contributed by atoms with E-state index in [2.05, 4.69) is 10.6 Å². The summed E-state index contributed by atoms with van der Waals surface area (Å²) in [7, 11) is 0. The third kappa shape index (κ3) is 2.89. The Morgan fingerprint density at radius 2 is 1.65 bits per heavy atom. The Morgan fingerprint density at radius 1 is 0.935 bits per heavy atom. The molecule has 2 heterocycles. The van der Waals surface area contributed by atoms with Crippen LogP contribution in [-0.4, -0.2) is 33.5 Å². The maximum Gasteiger partial charge on any atom is 0.325 e. The summed E-state index contributed by atoms with van der Waals surface area (Å²) in [6.07, 6.45) is -0.00819. The molecule has 0 spiro atoms. The average Bonchev–Trinajstić information content (AvgIpc) is 3.26. The van der Waals surface area contributed by atoms with Gasteiger partial charge >= 0.3 is 5.97 Å². The summed E-state index contributed by atoms with van der Waals surface area (Å²) in [5.74, 6) is -4.07. The van der Waals surface area contributed by atoms with Crippen molar-refractivity contribution in [3.05, 3.63) is 77.9 Å². The van der Waals surface area contributed by atoms with Crippen molar-refractivity contribution >= 4 is 28.6 Å². The van der Waals surface area contributed by atoms with Gasteiger partial charge in [-0.1, -0.05) is 54.6 Å². The second-order valence-electron chi connectivity index (χ2n) is 8.17. The van der Waals surface area contributed by atoms with E-state index in [0.717, 1.165) is 16.3 Å². The number of carboxylic acids is 1. The Kier molecular flexibility index (Phi) is 4.30. The molecule has 2 fully saturated rings. The van der Waals surface area contributed by atoms with E-state index < -0.39 is 41.2 Å². The van der Waals surface area contributed by atoms with Gasteiger partial charge in [-0.05, 0) is 34.0 Å². The van der Waals surface area contributed by atoms with Crippen molar-refractivity contribution in [2.24, 2.45) is 11.8 Å². The van der Waals surface area contributed by atoms with Crippen LogP contribution in [-0.2, 0) is 20.8 Å². The summed E-state index contributed by atoms with van der Waals surface area (Å²) in [5.41, 5.74) is -0.247. The lowest BCUT2D eigenvalue weighted by Crippen LogP contribution is -2.57. The molecule has 7 nitrogen and oxygen atoms in total. The maximum atomic E-state index is 12.8.